The number of alkyl halides is 5. The monoisotopic (exact) mass is 462 g/mol. The van der Waals surface area contributed by atoms with Gasteiger partial charge >= 0.3 is 12.8 Å². The fourth-order valence-electron chi connectivity index (χ4n) is 3.09. The third-order valence-electron chi connectivity index (χ3n) is 4.60. The van der Waals surface area contributed by atoms with Crippen LogP contribution in [0.15, 0.2) is 23.2 Å². The Labute approximate surface area is 164 Å². The summed E-state index contributed by atoms with van der Waals surface area (Å²) >= 11 is 0. The van der Waals surface area contributed by atoms with Crippen LogP contribution in [0.5, 0.6) is 5.75 Å². The number of halogens is 7. The van der Waals surface area contributed by atoms with Crippen molar-refractivity contribution in [2.45, 2.75) is 42.5 Å². The third-order valence-corrected chi connectivity index (χ3v) is 6.03. The highest BCUT2D eigenvalue weighted by Crippen LogP contribution is 2.42. The average Bonchev–Trinajstić information content (AvgIpc) is 3.01. The topological polar surface area (TPSA) is 91.4 Å². The molecule has 0 bridgehead atoms. The molecule has 0 aliphatic heterocycles. The molecule has 0 amide bonds. The smallest absolute Gasteiger partial charge is 0.417 e. The summed E-state index contributed by atoms with van der Waals surface area (Å²) in [5.41, 5.74) is -4.18. The predicted molar refractivity (Wildman–Crippen MR) is 87.6 cm³/mol. The van der Waals surface area contributed by atoms with Crippen LogP contribution < -0.4 is 9.46 Å². The largest absolute Gasteiger partial charge is 0.432 e. The van der Waals surface area contributed by atoms with Gasteiger partial charge in [0.15, 0.2) is 23.0 Å². The molecule has 30 heavy (non-hydrogen) atoms. The fraction of sp³-hybridized carbons (Fsp3) is 0.375. The first-order valence-corrected chi connectivity index (χ1v) is 9.67. The third kappa shape index (κ3) is 4.05. The number of benzene rings is 1. The first-order chi connectivity index (χ1) is 13.7. The van der Waals surface area contributed by atoms with Gasteiger partial charge in [0.25, 0.3) is 10.0 Å². The highest BCUT2D eigenvalue weighted by molar-refractivity contribution is 7.92. The molecule has 166 valence electrons. The van der Waals surface area contributed by atoms with Crippen molar-refractivity contribution in [2.75, 3.05) is 4.72 Å². The molecule has 0 saturated heterocycles. The van der Waals surface area contributed by atoms with Crippen molar-refractivity contribution in [1.29, 1.82) is 0 Å². The number of aliphatic hydroxyl groups is 1. The van der Waals surface area contributed by atoms with Crippen LogP contribution in [0.25, 0.3) is 0 Å². The van der Waals surface area contributed by atoms with Gasteiger partial charge in [-0.25, -0.2) is 17.2 Å². The van der Waals surface area contributed by atoms with E-state index in [-0.39, 0.29) is 23.4 Å². The van der Waals surface area contributed by atoms with Crippen LogP contribution >= 0.6 is 0 Å². The lowest BCUT2D eigenvalue weighted by molar-refractivity contribution is -0.263. The quantitative estimate of drug-likeness (QED) is 0.594. The number of H-pyrrole nitrogens is 1. The van der Waals surface area contributed by atoms with E-state index in [9.17, 15) is 44.3 Å². The Balaban J connectivity index is 1.90. The number of hydrogen-bond acceptors (Lipinski definition) is 4. The second-order valence-corrected chi connectivity index (χ2v) is 8.21. The summed E-state index contributed by atoms with van der Waals surface area (Å²) in [6.45, 7) is -3.44. The number of ether oxygens (including phenoxy) is 1. The molecule has 0 unspecified atom stereocenters. The molecular weight excluding hydrogens is 449 g/mol. The van der Waals surface area contributed by atoms with Crippen molar-refractivity contribution in [3.8, 4) is 5.75 Å². The van der Waals surface area contributed by atoms with Gasteiger partial charge in [-0.3, -0.25) is 4.72 Å². The van der Waals surface area contributed by atoms with Crippen molar-refractivity contribution in [3.63, 3.8) is 0 Å². The zero-order valence-corrected chi connectivity index (χ0v) is 15.5. The van der Waals surface area contributed by atoms with Gasteiger partial charge in [-0.15, -0.1) is 0 Å². The van der Waals surface area contributed by atoms with Crippen molar-refractivity contribution >= 4 is 15.7 Å². The van der Waals surface area contributed by atoms with Gasteiger partial charge in [-0.2, -0.15) is 22.0 Å². The molecule has 1 aromatic carbocycles. The van der Waals surface area contributed by atoms with E-state index >= 15 is 0 Å². The summed E-state index contributed by atoms with van der Waals surface area (Å²) < 4.78 is 122. The molecule has 3 rings (SSSR count). The molecule has 14 heteroatoms. The van der Waals surface area contributed by atoms with Crippen molar-refractivity contribution in [2.24, 2.45) is 0 Å². The number of aromatic amines is 1. The van der Waals surface area contributed by atoms with Crippen LogP contribution in [0.4, 0.5) is 36.4 Å². The molecule has 1 aromatic heterocycles. The molecular formula is C16H13F7N2O4S. The highest BCUT2D eigenvalue weighted by Gasteiger charge is 2.55. The first kappa shape index (κ1) is 22.2. The SMILES string of the molecule is O=S(=O)(Nc1cc(F)c(OC(F)F)cc1F)c1c[nH]c2c1CC[C@](O)(C(F)(F)F)C2. The zero-order chi connectivity index (χ0) is 22.5. The summed E-state index contributed by atoms with van der Waals surface area (Å²) in [7, 11) is -4.60. The van der Waals surface area contributed by atoms with Crippen LogP contribution in [-0.4, -0.2) is 36.9 Å². The van der Waals surface area contributed by atoms with Crippen molar-refractivity contribution in [1.82, 2.24) is 4.98 Å². The fourth-order valence-corrected chi connectivity index (χ4v) is 4.41. The summed E-state index contributed by atoms with van der Waals surface area (Å²) in [6, 6.07) is 0.501. The Bertz CT molecular complexity index is 1070. The second-order valence-electron chi connectivity index (χ2n) is 6.56. The van der Waals surface area contributed by atoms with E-state index in [2.05, 4.69) is 9.72 Å². The predicted octanol–water partition coefficient (Wildman–Crippen LogP) is 3.48. The molecule has 0 fully saturated rings. The van der Waals surface area contributed by atoms with Gasteiger partial charge in [0.1, 0.15) is 4.90 Å². The number of nitrogens with one attached hydrogen (secondary N) is 2. The highest BCUT2D eigenvalue weighted by atomic mass is 32.2. The number of rotatable bonds is 5. The van der Waals surface area contributed by atoms with E-state index in [1.54, 1.807) is 4.72 Å². The first-order valence-electron chi connectivity index (χ1n) is 8.18. The van der Waals surface area contributed by atoms with Crippen LogP contribution in [-0.2, 0) is 22.9 Å². The van der Waals surface area contributed by atoms with E-state index in [0.29, 0.717) is 0 Å². The van der Waals surface area contributed by atoms with Gasteiger partial charge < -0.3 is 14.8 Å². The Morgan fingerprint density at radius 2 is 1.87 bits per heavy atom. The summed E-state index contributed by atoms with van der Waals surface area (Å²) in [6.07, 6.45) is -6.24. The molecule has 2 aromatic rings. The molecule has 6 nitrogen and oxygen atoms in total. The number of aromatic nitrogens is 1. The Hall–Kier alpha value is -2.48. The maximum absolute atomic E-state index is 14.0. The zero-order valence-electron chi connectivity index (χ0n) is 14.7. The van der Waals surface area contributed by atoms with Gasteiger partial charge in [0.2, 0.25) is 0 Å². The van der Waals surface area contributed by atoms with E-state index < -0.39 is 75.6 Å². The lowest BCUT2D eigenvalue weighted by atomic mass is 9.83. The molecule has 0 spiro atoms. The van der Waals surface area contributed by atoms with Gasteiger partial charge in [0, 0.05) is 30.4 Å². The molecule has 3 N–H and O–H groups in total. The number of anilines is 1. The lowest BCUT2D eigenvalue weighted by Crippen LogP contribution is -2.49. The van der Waals surface area contributed by atoms with Gasteiger partial charge in [-0.05, 0) is 18.4 Å². The molecule has 1 aliphatic rings. The minimum absolute atomic E-state index is 0.0463. The molecule has 0 saturated carbocycles. The summed E-state index contributed by atoms with van der Waals surface area (Å²) in [5.74, 6) is -4.04. The van der Waals surface area contributed by atoms with E-state index in [1.807, 2.05) is 0 Å². The molecule has 1 aliphatic carbocycles. The molecule has 1 heterocycles. The minimum Gasteiger partial charge on any atom is -0.432 e. The minimum atomic E-state index is -4.93. The van der Waals surface area contributed by atoms with E-state index in [1.165, 1.54) is 0 Å². The van der Waals surface area contributed by atoms with Crippen molar-refractivity contribution < 1.29 is 49.0 Å². The molecule has 1 atom stereocenters. The van der Waals surface area contributed by atoms with Crippen LogP contribution in [0, 0.1) is 11.6 Å². The van der Waals surface area contributed by atoms with Crippen LogP contribution in [0.2, 0.25) is 0 Å². The number of hydrogen-bond donors (Lipinski definition) is 3. The van der Waals surface area contributed by atoms with Gasteiger partial charge in [0.05, 0.1) is 5.69 Å². The average molecular weight is 462 g/mol. The maximum Gasteiger partial charge on any atom is 0.417 e. The summed E-state index contributed by atoms with van der Waals surface area (Å²) in [4.78, 5) is 1.83. The number of sulfonamides is 1. The van der Waals surface area contributed by atoms with E-state index in [4.69, 9.17) is 0 Å². The Morgan fingerprint density at radius 3 is 2.47 bits per heavy atom. The molecule has 0 radical (unpaired) electrons. The standard InChI is InChI=1S/C16H13F7N2O4S/c17-8-4-12(29-14(19)20)9(18)3-10(8)25-30(27,28)13-6-24-11-5-15(26,16(21,22)23)2-1-7(11)13/h3-4,6,14,24-26H,1-2,5H2/t15-/m1/s1. The normalized spacial score (nSPS) is 19.6. The second kappa shape index (κ2) is 7.34. The lowest BCUT2D eigenvalue weighted by Gasteiger charge is -2.33. The van der Waals surface area contributed by atoms with Crippen LogP contribution in [0.1, 0.15) is 17.7 Å². The summed E-state index contributed by atoms with van der Waals surface area (Å²) in [5, 5.41) is 9.79. The Morgan fingerprint density at radius 1 is 1.20 bits per heavy atom. The number of fused-ring (bicyclic) bond motifs is 1. The van der Waals surface area contributed by atoms with Gasteiger partial charge in [-0.1, -0.05) is 0 Å². The maximum atomic E-state index is 14.0. The van der Waals surface area contributed by atoms with Crippen molar-refractivity contribution in [3.05, 3.63) is 41.2 Å². The van der Waals surface area contributed by atoms with E-state index in [0.717, 1.165) is 6.20 Å². The van der Waals surface area contributed by atoms with Crippen LogP contribution in [0.3, 0.4) is 0 Å². The Kier molecular flexibility index (Phi) is 5.43.